The van der Waals surface area contributed by atoms with Crippen molar-refractivity contribution in [1.29, 1.82) is 0 Å². The van der Waals surface area contributed by atoms with E-state index in [1.807, 2.05) is 59.5 Å². The number of urea groups is 1. The largest absolute Gasteiger partial charge is 0.323 e. The summed E-state index contributed by atoms with van der Waals surface area (Å²) in [7, 11) is 0. The summed E-state index contributed by atoms with van der Waals surface area (Å²) in [6.45, 7) is 3.97. The molecule has 0 spiro atoms. The van der Waals surface area contributed by atoms with E-state index in [0.29, 0.717) is 6.04 Å². The molecule has 2 aliphatic rings. The average molecular weight is 362 g/mol. The van der Waals surface area contributed by atoms with Crippen molar-refractivity contribution in [3.63, 3.8) is 0 Å². The number of aromatic nitrogens is 1. The van der Waals surface area contributed by atoms with Crippen LogP contribution in [0.5, 0.6) is 0 Å². The van der Waals surface area contributed by atoms with Gasteiger partial charge in [0.1, 0.15) is 0 Å². The Labute approximate surface area is 160 Å². The minimum absolute atomic E-state index is 0.00889. The fourth-order valence-electron chi connectivity index (χ4n) is 3.97. The second-order valence-electron chi connectivity index (χ2n) is 7.28. The number of rotatable bonds is 3. The summed E-state index contributed by atoms with van der Waals surface area (Å²) in [4.78, 5) is 21.6. The zero-order valence-corrected chi connectivity index (χ0v) is 15.6. The van der Waals surface area contributed by atoms with Gasteiger partial charge in [0.05, 0.1) is 5.69 Å². The van der Waals surface area contributed by atoms with Gasteiger partial charge < -0.3 is 10.2 Å². The van der Waals surface area contributed by atoms with Gasteiger partial charge in [-0.25, -0.2) is 4.79 Å². The van der Waals surface area contributed by atoms with Crippen LogP contribution in [-0.2, 0) is 0 Å². The molecule has 1 atom stereocenters. The molecular weight excluding hydrogens is 336 g/mol. The third-order valence-electron chi connectivity index (χ3n) is 5.36. The van der Waals surface area contributed by atoms with E-state index in [4.69, 9.17) is 0 Å². The Balaban J connectivity index is 1.40. The van der Waals surface area contributed by atoms with Gasteiger partial charge in [0.25, 0.3) is 0 Å². The van der Waals surface area contributed by atoms with E-state index in [9.17, 15) is 4.79 Å². The number of nitrogens with one attached hydrogen (secondary N) is 1. The Bertz CT molecular complexity index is 805. The summed E-state index contributed by atoms with van der Waals surface area (Å²) in [5, 5.41) is 3.08. The zero-order chi connectivity index (χ0) is 18.5. The standard InChI is InChI=1S/C22H26N4O/c27-22(26-15-5-14-25-13-4-9-21(25)17-26)24-20-8-3-6-18(16-20)10-11-19-7-1-2-12-23-19/h1-3,6-8,10-12,16,21H,4-5,9,13-15,17H2,(H,24,27)/b11-10+/t21-/m0/s1. The van der Waals surface area contributed by atoms with Gasteiger partial charge in [-0.15, -0.1) is 0 Å². The predicted molar refractivity (Wildman–Crippen MR) is 109 cm³/mol. The third-order valence-corrected chi connectivity index (χ3v) is 5.36. The summed E-state index contributed by atoms with van der Waals surface area (Å²) in [5.74, 6) is 0. The summed E-state index contributed by atoms with van der Waals surface area (Å²) < 4.78 is 0. The molecule has 2 aromatic rings. The predicted octanol–water partition coefficient (Wildman–Crippen LogP) is 3.95. The minimum atomic E-state index is 0.00889. The van der Waals surface area contributed by atoms with Gasteiger partial charge in [-0.1, -0.05) is 24.3 Å². The maximum atomic E-state index is 12.8. The van der Waals surface area contributed by atoms with Crippen LogP contribution in [0.1, 0.15) is 30.5 Å². The van der Waals surface area contributed by atoms with E-state index in [0.717, 1.165) is 43.0 Å². The van der Waals surface area contributed by atoms with Crippen LogP contribution in [-0.4, -0.2) is 53.0 Å². The normalized spacial score (nSPS) is 20.4. The highest BCUT2D eigenvalue weighted by Crippen LogP contribution is 2.22. The Morgan fingerprint density at radius 1 is 1.07 bits per heavy atom. The molecule has 2 saturated heterocycles. The first-order valence-electron chi connectivity index (χ1n) is 9.77. The zero-order valence-electron chi connectivity index (χ0n) is 15.6. The molecule has 0 radical (unpaired) electrons. The SMILES string of the molecule is O=C(Nc1cccc(/C=C/c2ccccn2)c1)N1CCCN2CCC[C@H]2C1. The summed E-state index contributed by atoms with van der Waals surface area (Å²) >= 11 is 0. The van der Waals surface area contributed by atoms with Crippen molar-refractivity contribution >= 4 is 23.9 Å². The van der Waals surface area contributed by atoms with E-state index in [1.165, 1.54) is 19.4 Å². The summed E-state index contributed by atoms with van der Waals surface area (Å²) in [5.41, 5.74) is 2.78. The van der Waals surface area contributed by atoms with Gasteiger partial charge in [0.2, 0.25) is 0 Å². The number of nitrogens with zero attached hydrogens (tertiary/aromatic N) is 3. The molecule has 1 N–H and O–H groups in total. The van der Waals surface area contributed by atoms with E-state index in [2.05, 4.69) is 15.2 Å². The lowest BCUT2D eigenvalue weighted by Crippen LogP contribution is -2.41. The van der Waals surface area contributed by atoms with Crippen LogP contribution in [0, 0.1) is 0 Å². The average Bonchev–Trinajstić information content (AvgIpc) is 3.04. The fourth-order valence-corrected chi connectivity index (χ4v) is 3.97. The minimum Gasteiger partial charge on any atom is -0.323 e. The lowest BCUT2D eigenvalue weighted by atomic mass is 10.1. The van der Waals surface area contributed by atoms with Crippen molar-refractivity contribution in [2.24, 2.45) is 0 Å². The molecule has 0 aliphatic carbocycles. The molecule has 2 amide bonds. The lowest BCUT2D eigenvalue weighted by Gasteiger charge is -2.25. The second-order valence-corrected chi connectivity index (χ2v) is 7.28. The van der Waals surface area contributed by atoms with Crippen LogP contribution >= 0.6 is 0 Å². The summed E-state index contributed by atoms with van der Waals surface area (Å²) in [6, 6.07) is 14.3. The quantitative estimate of drug-likeness (QED) is 0.899. The lowest BCUT2D eigenvalue weighted by molar-refractivity contribution is 0.200. The first kappa shape index (κ1) is 17.7. The van der Waals surface area contributed by atoms with Gasteiger partial charge in [-0.2, -0.15) is 0 Å². The molecule has 1 aromatic carbocycles. The van der Waals surface area contributed by atoms with Crippen LogP contribution in [0.3, 0.4) is 0 Å². The Morgan fingerprint density at radius 3 is 2.89 bits per heavy atom. The van der Waals surface area contributed by atoms with Crippen molar-refractivity contribution in [3.8, 4) is 0 Å². The van der Waals surface area contributed by atoms with Gasteiger partial charge in [-0.3, -0.25) is 9.88 Å². The van der Waals surface area contributed by atoms with Crippen LogP contribution in [0.4, 0.5) is 10.5 Å². The third kappa shape index (κ3) is 4.55. The highest BCUT2D eigenvalue weighted by atomic mass is 16.2. The number of fused-ring (bicyclic) bond motifs is 1. The molecule has 0 saturated carbocycles. The molecule has 140 valence electrons. The topological polar surface area (TPSA) is 48.5 Å². The molecule has 1 aromatic heterocycles. The van der Waals surface area contributed by atoms with E-state index in [-0.39, 0.29) is 6.03 Å². The number of hydrogen-bond acceptors (Lipinski definition) is 3. The molecule has 27 heavy (non-hydrogen) atoms. The highest BCUT2D eigenvalue weighted by molar-refractivity contribution is 5.90. The van der Waals surface area contributed by atoms with Crippen molar-refractivity contribution in [3.05, 3.63) is 59.9 Å². The maximum absolute atomic E-state index is 12.8. The second kappa shape index (κ2) is 8.35. The van der Waals surface area contributed by atoms with Crippen LogP contribution in [0.2, 0.25) is 0 Å². The number of benzene rings is 1. The molecule has 5 heteroatoms. The molecule has 2 fully saturated rings. The smallest absolute Gasteiger partial charge is 0.321 e. The van der Waals surface area contributed by atoms with Gasteiger partial charge in [-0.05, 0) is 61.7 Å². The van der Waals surface area contributed by atoms with Gasteiger partial charge in [0.15, 0.2) is 0 Å². The first-order valence-corrected chi connectivity index (χ1v) is 9.77. The molecule has 3 heterocycles. The van der Waals surface area contributed by atoms with Crippen molar-refractivity contribution in [2.75, 3.05) is 31.5 Å². The maximum Gasteiger partial charge on any atom is 0.321 e. The Hall–Kier alpha value is -2.66. The fraction of sp³-hybridized carbons (Fsp3) is 0.364. The molecule has 2 aliphatic heterocycles. The molecular formula is C22H26N4O. The van der Waals surface area contributed by atoms with Gasteiger partial charge in [0, 0.05) is 37.6 Å². The van der Waals surface area contributed by atoms with E-state index < -0.39 is 0 Å². The van der Waals surface area contributed by atoms with Crippen molar-refractivity contribution in [1.82, 2.24) is 14.8 Å². The number of amides is 2. The first-order chi connectivity index (χ1) is 13.3. The molecule has 5 nitrogen and oxygen atoms in total. The Morgan fingerprint density at radius 2 is 2.00 bits per heavy atom. The van der Waals surface area contributed by atoms with Crippen molar-refractivity contribution in [2.45, 2.75) is 25.3 Å². The number of carbonyl (C=O) groups is 1. The molecule has 4 rings (SSSR count). The molecule has 0 bridgehead atoms. The van der Waals surface area contributed by atoms with Crippen LogP contribution in [0.25, 0.3) is 12.2 Å². The van der Waals surface area contributed by atoms with E-state index >= 15 is 0 Å². The summed E-state index contributed by atoms with van der Waals surface area (Å²) in [6.07, 6.45) is 9.28. The highest BCUT2D eigenvalue weighted by Gasteiger charge is 2.30. The number of pyridine rings is 1. The van der Waals surface area contributed by atoms with Crippen LogP contribution < -0.4 is 5.32 Å². The van der Waals surface area contributed by atoms with Crippen molar-refractivity contribution < 1.29 is 4.79 Å². The van der Waals surface area contributed by atoms with Crippen LogP contribution in [0.15, 0.2) is 48.7 Å². The number of hydrogen-bond donors (Lipinski definition) is 1. The molecule has 0 unspecified atom stereocenters. The monoisotopic (exact) mass is 362 g/mol. The van der Waals surface area contributed by atoms with Gasteiger partial charge >= 0.3 is 6.03 Å². The number of carbonyl (C=O) groups excluding carboxylic acids is 1. The van der Waals surface area contributed by atoms with E-state index in [1.54, 1.807) is 6.20 Å². The Kier molecular flexibility index (Phi) is 5.49. The number of anilines is 1.